The van der Waals surface area contributed by atoms with Gasteiger partial charge in [0.25, 0.3) is 0 Å². The van der Waals surface area contributed by atoms with Crippen molar-refractivity contribution in [2.75, 3.05) is 20.7 Å². The second-order valence-electron chi connectivity index (χ2n) is 4.79. The van der Waals surface area contributed by atoms with E-state index in [2.05, 4.69) is 51.6 Å². The summed E-state index contributed by atoms with van der Waals surface area (Å²) in [5.74, 6) is -0.147. The SMILES string of the molecule is CCc1nn(CC)c(CN(C)CCCC(=O)OC)c1Br. The fourth-order valence-electron chi connectivity index (χ4n) is 2.10. The molecule has 0 aliphatic heterocycles. The number of esters is 1. The smallest absolute Gasteiger partial charge is 0.305 e. The number of nitrogens with zero attached hydrogens (tertiary/aromatic N) is 3. The number of methoxy groups -OCH3 is 1. The van der Waals surface area contributed by atoms with Crippen molar-refractivity contribution < 1.29 is 9.53 Å². The maximum atomic E-state index is 11.1. The highest BCUT2D eigenvalue weighted by atomic mass is 79.9. The molecule has 0 aromatic carbocycles. The molecule has 1 aromatic heterocycles. The average Bonchev–Trinajstić information content (AvgIpc) is 2.75. The first kappa shape index (κ1) is 17.2. The molecule has 0 radical (unpaired) electrons. The number of halogens is 1. The highest BCUT2D eigenvalue weighted by Gasteiger charge is 2.15. The van der Waals surface area contributed by atoms with Crippen LogP contribution in [0.4, 0.5) is 0 Å². The molecule has 0 saturated carbocycles. The van der Waals surface area contributed by atoms with E-state index in [0.717, 1.165) is 42.6 Å². The van der Waals surface area contributed by atoms with Crippen LogP contribution in [0.3, 0.4) is 0 Å². The topological polar surface area (TPSA) is 47.4 Å². The Balaban J connectivity index is 2.59. The predicted molar refractivity (Wildman–Crippen MR) is 82.6 cm³/mol. The molecule has 6 heteroatoms. The molecule has 0 aliphatic carbocycles. The molecule has 0 fully saturated rings. The van der Waals surface area contributed by atoms with Gasteiger partial charge >= 0.3 is 5.97 Å². The van der Waals surface area contributed by atoms with Crippen molar-refractivity contribution in [2.45, 2.75) is 46.2 Å². The Morgan fingerprint density at radius 3 is 2.70 bits per heavy atom. The number of aromatic nitrogens is 2. The molecule has 0 N–H and O–H groups in total. The number of ether oxygens (including phenoxy) is 1. The normalized spacial score (nSPS) is 11.1. The van der Waals surface area contributed by atoms with Crippen molar-refractivity contribution >= 4 is 21.9 Å². The molecule has 0 aliphatic rings. The molecule has 20 heavy (non-hydrogen) atoms. The van der Waals surface area contributed by atoms with Gasteiger partial charge in [0.05, 0.1) is 23.0 Å². The van der Waals surface area contributed by atoms with Crippen molar-refractivity contribution in [1.29, 1.82) is 0 Å². The van der Waals surface area contributed by atoms with Crippen LogP contribution in [0.2, 0.25) is 0 Å². The number of rotatable bonds is 8. The van der Waals surface area contributed by atoms with E-state index < -0.39 is 0 Å². The molecule has 1 rings (SSSR count). The lowest BCUT2D eigenvalue weighted by Crippen LogP contribution is -2.22. The highest BCUT2D eigenvalue weighted by Crippen LogP contribution is 2.23. The van der Waals surface area contributed by atoms with E-state index in [9.17, 15) is 4.79 Å². The van der Waals surface area contributed by atoms with Gasteiger partial charge in [-0.2, -0.15) is 5.10 Å². The van der Waals surface area contributed by atoms with E-state index in [-0.39, 0.29) is 5.97 Å². The second-order valence-corrected chi connectivity index (χ2v) is 5.59. The molecular formula is C14H24BrN3O2. The maximum Gasteiger partial charge on any atom is 0.305 e. The second kappa shape index (κ2) is 8.42. The lowest BCUT2D eigenvalue weighted by molar-refractivity contribution is -0.140. The summed E-state index contributed by atoms with van der Waals surface area (Å²) in [5.41, 5.74) is 2.30. The lowest BCUT2D eigenvalue weighted by atomic mass is 10.2. The van der Waals surface area contributed by atoms with E-state index in [1.54, 1.807) is 0 Å². The molecule has 0 unspecified atom stereocenters. The van der Waals surface area contributed by atoms with E-state index in [4.69, 9.17) is 0 Å². The molecular weight excluding hydrogens is 322 g/mol. The summed E-state index contributed by atoms with van der Waals surface area (Å²) >= 11 is 3.65. The zero-order valence-corrected chi connectivity index (χ0v) is 14.4. The lowest BCUT2D eigenvalue weighted by Gasteiger charge is -2.17. The Kier molecular flexibility index (Phi) is 7.23. The van der Waals surface area contributed by atoms with Gasteiger partial charge in [0, 0.05) is 19.5 Å². The summed E-state index contributed by atoms with van der Waals surface area (Å²) in [6, 6.07) is 0. The van der Waals surface area contributed by atoms with Crippen LogP contribution in [0.1, 0.15) is 38.1 Å². The molecule has 114 valence electrons. The monoisotopic (exact) mass is 345 g/mol. The molecule has 1 heterocycles. The summed E-state index contributed by atoms with van der Waals surface area (Å²) in [4.78, 5) is 13.3. The molecule has 5 nitrogen and oxygen atoms in total. The maximum absolute atomic E-state index is 11.1. The van der Waals surface area contributed by atoms with Crippen LogP contribution in [0, 0.1) is 0 Å². The third kappa shape index (κ3) is 4.59. The Hall–Kier alpha value is -0.880. The van der Waals surface area contributed by atoms with Crippen molar-refractivity contribution in [3.05, 3.63) is 15.9 Å². The van der Waals surface area contributed by atoms with Crippen LogP contribution in [0.25, 0.3) is 0 Å². The van der Waals surface area contributed by atoms with E-state index in [1.807, 2.05) is 4.68 Å². The molecule has 0 bridgehead atoms. The van der Waals surface area contributed by atoms with Crippen molar-refractivity contribution in [1.82, 2.24) is 14.7 Å². The summed E-state index contributed by atoms with van der Waals surface area (Å²) in [6.45, 7) is 6.75. The number of hydrogen-bond donors (Lipinski definition) is 0. The van der Waals surface area contributed by atoms with Gasteiger partial charge in [0.2, 0.25) is 0 Å². The summed E-state index contributed by atoms with van der Waals surface area (Å²) < 4.78 is 7.80. The van der Waals surface area contributed by atoms with Gasteiger partial charge in [0.15, 0.2) is 0 Å². The minimum atomic E-state index is -0.147. The van der Waals surface area contributed by atoms with Crippen LogP contribution in [0.15, 0.2) is 4.47 Å². The van der Waals surface area contributed by atoms with Crippen LogP contribution in [-0.4, -0.2) is 41.4 Å². The Labute approximate surface area is 129 Å². The molecule has 0 spiro atoms. The minimum Gasteiger partial charge on any atom is -0.469 e. The number of carbonyl (C=O) groups is 1. The Morgan fingerprint density at radius 2 is 2.15 bits per heavy atom. The number of aryl methyl sites for hydroxylation is 2. The number of hydrogen-bond acceptors (Lipinski definition) is 4. The fraction of sp³-hybridized carbons (Fsp3) is 0.714. The van der Waals surface area contributed by atoms with Gasteiger partial charge in [0.1, 0.15) is 0 Å². The minimum absolute atomic E-state index is 0.147. The average molecular weight is 346 g/mol. The summed E-state index contributed by atoms with van der Waals surface area (Å²) in [5, 5.41) is 4.59. The third-order valence-electron chi connectivity index (χ3n) is 3.26. The van der Waals surface area contributed by atoms with Gasteiger partial charge in [-0.25, -0.2) is 0 Å². The van der Waals surface area contributed by atoms with Crippen LogP contribution >= 0.6 is 15.9 Å². The van der Waals surface area contributed by atoms with Crippen LogP contribution < -0.4 is 0 Å². The van der Waals surface area contributed by atoms with Crippen molar-refractivity contribution in [2.24, 2.45) is 0 Å². The van der Waals surface area contributed by atoms with Gasteiger partial charge in [-0.05, 0) is 49.3 Å². The van der Waals surface area contributed by atoms with Crippen molar-refractivity contribution in [3.63, 3.8) is 0 Å². The fourth-order valence-corrected chi connectivity index (χ4v) is 2.79. The third-order valence-corrected chi connectivity index (χ3v) is 4.18. The quantitative estimate of drug-likeness (QED) is 0.679. The first-order valence-electron chi connectivity index (χ1n) is 7.02. The van der Waals surface area contributed by atoms with Gasteiger partial charge < -0.3 is 9.64 Å². The highest BCUT2D eigenvalue weighted by molar-refractivity contribution is 9.10. The summed E-state index contributed by atoms with van der Waals surface area (Å²) in [6.07, 6.45) is 2.20. The van der Waals surface area contributed by atoms with Gasteiger partial charge in [-0.1, -0.05) is 6.92 Å². The molecule has 0 amide bonds. The van der Waals surface area contributed by atoms with E-state index in [1.165, 1.54) is 12.8 Å². The Bertz CT molecular complexity index is 446. The van der Waals surface area contributed by atoms with Crippen molar-refractivity contribution in [3.8, 4) is 0 Å². The zero-order chi connectivity index (χ0) is 15.1. The summed E-state index contributed by atoms with van der Waals surface area (Å²) in [7, 11) is 3.48. The van der Waals surface area contributed by atoms with Gasteiger partial charge in [-0.3, -0.25) is 9.48 Å². The number of carbonyl (C=O) groups excluding carboxylic acids is 1. The Morgan fingerprint density at radius 1 is 1.45 bits per heavy atom. The standard InChI is InChI=1S/C14H24BrN3O2/c1-5-11-14(15)12(18(6-2)16-11)10-17(3)9-7-8-13(19)20-4/h5-10H2,1-4H3. The van der Waals surface area contributed by atoms with E-state index in [0.29, 0.717) is 6.42 Å². The first-order valence-corrected chi connectivity index (χ1v) is 7.82. The largest absolute Gasteiger partial charge is 0.469 e. The molecule has 0 atom stereocenters. The molecule has 0 saturated heterocycles. The van der Waals surface area contributed by atoms with Crippen LogP contribution in [0.5, 0.6) is 0 Å². The first-order chi connectivity index (χ1) is 9.53. The molecule has 1 aromatic rings. The zero-order valence-electron chi connectivity index (χ0n) is 12.8. The predicted octanol–water partition coefficient (Wildman–Crippen LogP) is 2.61. The van der Waals surface area contributed by atoms with E-state index >= 15 is 0 Å². The van der Waals surface area contributed by atoms with Gasteiger partial charge in [-0.15, -0.1) is 0 Å². The van der Waals surface area contributed by atoms with Crippen LogP contribution in [-0.2, 0) is 29.0 Å².